The van der Waals surface area contributed by atoms with Crippen LogP contribution in [0.4, 0.5) is 5.95 Å². The first kappa shape index (κ1) is 16.7. The molecule has 24 heavy (non-hydrogen) atoms. The number of piperazine rings is 1. The lowest BCUT2D eigenvalue weighted by Gasteiger charge is -2.34. The Kier molecular flexibility index (Phi) is 5.66. The Bertz CT molecular complexity index is 655. The molecule has 0 aromatic carbocycles. The zero-order valence-corrected chi connectivity index (χ0v) is 14.1. The van der Waals surface area contributed by atoms with Crippen molar-refractivity contribution in [2.75, 3.05) is 37.6 Å². The van der Waals surface area contributed by atoms with Crippen molar-refractivity contribution in [1.29, 1.82) is 0 Å². The fourth-order valence-corrected chi connectivity index (χ4v) is 2.78. The summed E-state index contributed by atoms with van der Waals surface area (Å²) in [5.74, 6) is 1.65. The number of rotatable bonds is 6. The Morgan fingerprint density at radius 3 is 2.62 bits per heavy atom. The first-order chi connectivity index (χ1) is 11.7. The number of halogens is 1. The third kappa shape index (κ3) is 4.46. The van der Waals surface area contributed by atoms with Crippen LogP contribution in [0.5, 0.6) is 0 Å². The zero-order chi connectivity index (χ0) is 16.8. The Labute approximate surface area is 145 Å². The Balaban J connectivity index is 1.36. The molecule has 2 aromatic rings. The van der Waals surface area contributed by atoms with E-state index in [1.165, 1.54) is 0 Å². The predicted molar refractivity (Wildman–Crippen MR) is 90.9 cm³/mol. The van der Waals surface area contributed by atoms with Crippen LogP contribution in [0.15, 0.2) is 35.0 Å². The lowest BCUT2D eigenvalue weighted by Crippen LogP contribution is -2.49. The van der Waals surface area contributed by atoms with Crippen molar-refractivity contribution in [3.63, 3.8) is 0 Å². The molecular formula is C16H20ClN5O2. The molecule has 1 saturated heterocycles. The minimum absolute atomic E-state index is 0.161. The Morgan fingerprint density at radius 1 is 1.21 bits per heavy atom. The maximum Gasteiger partial charge on any atom is 0.225 e. The summed E-state index contributed by atoms with van der Waals surface area (Å²) >= 11 is 5.71. The van der Waals surface area contributed by atoms with Crippen molar-refractivity contribution in [2.45, 2.75) is 13.0 Å². The third-order valence-corrected chi connectivity index (χ3v) is 4.11. The maximum atomic E-state index is 12.2. The molecule has 8 heteroatoms. The van der Waals surface area contributed by atoms with E-state index in [1.54, 1.807) is 24.5 Å². The molecule has 3 heterocycles. The molecule has 1 N–H and O–H groups in total. The minimum atomic E-state index is 0.161. The maximum absolute atomic E-state index is 12.2. The molecule has 0 bridgehead atoms. The molecule has 0 unspecified atom stereocenters. The van der Waals surface area contributed by atoms with Crippen LogP contribution in [0.1, 0.15) is 12.2 Å². The monoisotopic (exact) mass is 349 g/mol. The average Bonchev–Trinajstić information content (AvgIpc) is 3.05. The largest absolute Gasteiger partial charge is 0.448 e. The van der Waals surface area contributed by atoms with Gasteiger partial charge in [-0.05, 0) is 29.8 Å². The molecule has 1 aliphatic rings. The highest BCUT2D eigenvalue weighted by molar-refractivity contribution is 6.28. The summed E-state index contributed by atoms with van der Waals surface area (Å²) in [7, 11) is 0. The summed E-state index contributed by atoms with van der Waals surface area (Å²) in [5, 5.41) is 3.57. The van der Waals surface area contributed by atoms with Gasteiger partial charge >= 0.3 is 0 Å². The summed E-state index contributed by atoms with van der Waals surface area (Å²) in [4.78, 5) is 24.7. The molecule has 0 saturated carbocycles. The van der Waals surface area contributed by atoms with Gasteiger partial charge in [-0.25, -0.2) is 9.97 Å². The molecule has 1 fully saturated rings. The van der Waals surface area contributed by atoms with Gasteiger partial charge in [0, 0.05) is 51.5 Å². The summed E-state index contributed by atoms with van der Waals surface area (Å²) < 4.78 is 5.25. The normalized spacial score (nSPS) is 14.9. The molecule has 1 amide bonds. The first-order valence-corrected chi connectivity index (χ1v) is 8.35. The number of hydrogen-bond acceptors (Lipinski definition) is 6. The van der Waals surface area contributed by atoms with E-state index in [-0.39, 0.29) is 5.91 Å². The molecule has 3 rings (SSSR count). The van der Waals surface area contributed by atoms with Crippen LogP contribution in [0.2, 0.25) is 5.22 Å². The van der Waals surface area contributed by atoms with E-state index in [2.05, 4.69) is 20.2 Å². The molecule has 2 aromatic heterocycles. The molecule has 0 aliphatic carbocycles. The lowest BCUT2D eigenvalue weighted by molar-refractivity contribution is -0.131. The molecule has 7 nitrogen and oxygen atoms in total. The number of hydrogen-bond donors (Lipinski definition) is 1. The number of anilines is 1. The van der Waals surface area contributed by atoms with Crippen LogP contribution in [0.3, 0.4) is 0 Å². The standard InChI is InChI=1S/C16H20ClN5O2/c17-14-3-2-13(24-14)12-18-7-4-15(23)21-8-10-22(11-9-21)16-19-5-1-6-20-16/h1-3,5-6,18H,4,7-12H2. The van der Waals surface area contributed by atoms with E-state index in [0.29, 0.717) is 37.8 Å². The summed E-state index contributed by atoms with van der Waals surface area (Å²) in [6.07, 6.45) is 3.94. The summed E-state index contributed by atoms with van der Waals surface area (Å²) in [5.41, 5.74) is 0. The van der Waals surface area contributed by atoms with Crippen LogP contribution in [-0.2, 0) is 11.3 Å². The molecule has 0 atom stereocenters. The predicted octanol–water partition coefficient (Wildman–Crippen LogP) is 1.55. The van der Waals surface area contributed by atoms with Gasteiger partial charge < -0.3 is 19.5 Å². The molecular weight excluding hydrogens is 330 g/mol. The second-order valence-corrected chi connectivity index (χ2v) is 5.92. The minimum Gasteiger partial charge on any atom is -0.448 e. The fraction of sp³-hybridized carbons (Fsp3) is 0.438. The highest BCUT2D eigenvalue weighted by Crippen LogP contribution is 2.13. The van der Waals surface area contributed by atoms with Crippen LogP contribution in [-0.4, -0.2) is 53.5 Å². The van der Waals surface area contributed by atoms with Crippen LogP contribution in [0.25, 0.3) is 0 Å². The fourth-order valence-electron chi connectivity index (χ4n) is 2.62. The number of nitrogens with one attached hydrogen (secondary N) is 1. The van der Waals surface area contributed by atoms with Gasteiger partial charge in [-0.15, -0.1) is 0 Å². The van der Waals surface area contributed by atoms with Crippen molar-refractivity contribution in [3.05, 3.63) is 41.6 Å². The zero-order valence-electron chi connectivity index (χ0n) is 13.3. The van der Waals surface area contributed by atoms with E-state index in [1.807, 2.05) is 11.0 Å². The number of furan rings is 1. The Morgan fingerprint density at radius 2 is 1.96 bits per heavy atom. The SMILES string of the molecule is O=C(CCNCc1ccc(Cl)o1)N1CCN(c2ncccn2)CC1. The number of aromatic nitrogens is 2. The van der Waals surface area contributed by atoms with Gasteiger partial charge in [0.05, 0.1) is 6.54 Å². The average molecular weight is 350 g/mol. The van der Waals surface area contributed by atoms with E-state index in [4.69, 9.17) is 16.0 Å². The van der Waals surface area contributed by atoms with Crippen molar-refractivity contribution in [1.82, 2.24) is 20.2 Å². The van der Waals surface area contributed by atoms with Gasteiger partial charge in [-0.2, -0.15) is 0 Å². The molecule has 1 aliphatic heterocycles. The second kappa shape index (κ2) is 8.12. The van der Waals surface area contributed by atoms with E-state index >= 15 is 0 Å². The molecule has 0 spiro atoms. The quantitative estimate of drug-likeness (QED) is 0.798. The van der Waals surface area contributed by atoms with E-state index in [0.717, 1.165) is 24.8 Å². The van der Waals surface area contributed by atoms with Crippen LogP contribution >= 0.6 is 11.6 Å². The van der Waals surface area contributed by atoms with Crippen molar-refractivity contribution in [2.24, 2.45) is 0 Å². The van der Waals surface area contributed by atoms with Gasteiger partial charge in [0.1, 0.15) is 5.76 Å². The van der Waals surface area contributed by atoms with Gasteiger partial charge in [0.15, 0.2) is 5.22 Å². The van der Waals surface area contributed by atoms with Gasteiger partial charge in [0.25, 0.3) is 0 Å². The smallest absolute Gasteiger partial charge is 0.225 e. The van der Waals surface area contributed by atoms with Crippen LogP contribution in [0, 0.1) is 0 Å². The molecule has 128 valence electrons. The lowest BCUT2D eigenvalue weighted by atomic mass is 10.3. The highest BCUT2D eigenvalue weighted by Gasteiger charge is 2.21. The number of carbonyl (C=O) groups excluding carboxylic acids is 1. The van der Waals surface area contributed by atoms with Crippen LogP contribution < -0.4 is 10.2 Å². The van der Waals surface area contributed by atoms with Gasteiger partial charge in [0.2, 0.25) is 11.9 Å². The molecule has 0 radical (unpaired) electrons. The third-order valence-electron chi connectivity index (χ3n) is 3.91. The highest BCUT2D eigenvalue weighted by atomic mass is 35.5. The van der Waals surface area contributed by atoms with Gasteiger partial charge in [-0.1, -0.05) is 0 Å². The summed E-state index contributed by atoms with van der Waals surface area (Å²) in [6, 6.07) is 5.33. The summed E-state index contributed by atoms with van der Waals surface area (Å²) in [6.45, 7) is 4.09. The van der Waals surface area contributed by atoms with Gasteiger partial charge in [-0.3, -0.25) is 4.79 Å². The topological polar surface area (TPSA) is 74.5 Å². The van der Waals surface area contributed by atoms with Crippen molar-refractivity contribution >= 4 is 23.5 Å². The number of nitrogens with zero attached hydrogens (tertiary/aromatic N) is 4. The van der Waals surface area contributed by atoms with E-state index < -0.39 is 0 Å². The number of amides is 1. The van der Waals surface area contributed by atoms with Crippen molar-refractivity contribution < 1.29 is 9.21 Å². The Hall–Kier alpha value is -2.12. The van der Waals surface area contributed by atoms with E-state index in [9.17, 15) is 4.79 Å². The number of carbonyl (C=O) groups is 1. The van der Waals surface area contributed by atoms with Crippen molar-refractivity contribution in [3.8, 4) is 0 Å². The first-order valence-electron chi connectivity index (χ1n) is 7.97. The second-order valence-electron chi connectivity index (χ2n) is 5.55.